The van der Waals surface area contributed by atoms with Gasteiger partial charge in [-0.15, -0.1) is 0 Å². The van der Waals surface area contributed by atoms with Crippen LogP contribution in [0.1, 0.15) is 316 Å². The summed E-state index contributed by atoms with van der Waals surface area (Å²) < 4.78 is 34.5. The summed E-state index contributed by atoms with van der Waals surface area (Å²) in [6, 6.07) is -0.885. The van der Waals surface area contributed by atoms with Crippen molar-refractivity contribution in [3.63, 3.8) is 0 Å². The number of hydrogen-bond acceptors (Lipinski definition) is 18. The van der Waals surface area contributed by atoms with E-state index in [1.165, 1.54) is 225 Å². The second-order valence-corrected chi connectivity index (χ2v) is 28.2. The second kappa shape index (κ2) is 58.5. The first-order valence-corrected chi connectivity index (χ1v) is 39.2. The van der Waals surface area contributed by atoms with E-state index >= 15 is 0 Å². The number of nitrogens with one attached hydrogen (secondary N) is 1. The van der Waals surface area contributed by atoms with Gasteiger partial charge in [-0.05, 0) is 51.4 Å². The molecular formula is C77H143NO18. The third-order valence-corrected chi connectivity index (χ3v) is 19.7. The molecule has 0 spiro atoms. The Labute approximate surface area is 581 Å². The number of amides is 1. The van der Waals surface area contributed by atoms with Crippen molar-refractivity contribution in [2.75, 3.05) is 26.4 Å². The number of aliphatic hydroxyl groups excluding tert-OH is 11. The van der Waals surface area contributed by atoms with Gasteiger partial charge in [0.25, 0.3) is 0 Å². The molecule has 564 valence electrons. The molecule has 0 bridgehead atoms. The average Bonchev–Trinajstić information content (AvgIpc) is 0.787. The average molecular weight is 1370 g/mol. The summed E-state index contributed by atoms with van der Waals surface area (Å²) >= 11 is 0. The predicted molar refractivity (Wildman–Crippen MR) is 379 cm³/mol. The lowest BCUT2D eigenvalue weighted by Gasteiger charge is -2.48. The minimum atomic E-state index is -1.97. The highest BCUT2D eigenvalue weighted by atomic mass is 16.8. The first-order chi connectivity index (χ1) is 46.8. The predicted octanol–water partition coefficient (Wildman–Crippen LogP) is 12.3. The molecule has 3 fully saturated rings. The molecule has 3 saturated heterocycles. The summed E-state index contributed by atoms with van der Waals surface area (Å²) in [7, 11) is 0. The first kappa shape index (κ1) is 88.2. The van der Waals surface area contributed by atoms with Gasteiger partial charge in [0.05, 0.1) is 38.6 Å². The summed E-state index contributed by atoms with van der Waals surface area (Å²) in [6.45, 7) is 1.81. The zero-order valence-electron chi connectivity index (χ0n) is 60.1. The third-order valence-electron chi connectivity index (χ3n) is 19.7. The molecule has 0 aromatic heterocycles. The van der Waals surface area contributed by atoms with Crippen LogP contribution in [0.4, 0.5) is 0 Å². The van der Waals surface area contributed by atoms with E-state index in [1.54, 1.807) is 0 Å². The summed E-state index contributed by atoms with van der Waals surface area (Å²) in [5.41, 5.74) is 0. The highest BCUT2D eigenvalue weighted by Gasteiger charge is 2.54. The molecule has 0 saturated carbocycles. The summed E-state index contributed by atoms with van der Waals surface area (Å²) in [6.07, 6.45) is 44.0. The van der Waals surface area contributed by atoms with E-state index in [1.807, 2.05) is 0 Å². The normalized spacial score (nSPS) is 27.2. The SMILES string of the molecule is CCCCCCC/C=C\C/C=C\C/C=C\CCCCCCCCCCCCCCCCCCCCCCCCC(=O)NC(COC1OC(CO)C(OC2OC(CO)C(OC3OC(CO)C(O)C(O)C3O)C(O)C2O)C(O)C1O)C(O)CCCCCCCCCCCCCCCC. The minimum absolute atomic E-state index is 0.238. The zero-order chi connectivity index (χ0) is 69.6. The van der Waals surface area contributed by atoms with Gasteiger partial charge in [-0.25, -0.2) is 0 Å². The van der Waals surface area contributed by atoms with Crippen LogP contribution in [0.5, 0.6) is 0 Å². The van der Waals surface area contributed by atoms with Crippen LogP contribution < -0.4 is 5.32 Å². The molecule has 0 aromatic carbocycles. The van der Waals surface area contributed by atoms with E-state index in [0.717, 1.165) is 57.8 Å². The van der Waals surface area contributed by atoms with Crippen molar-refractivity contribution in [2.45, 2.75) is 420 Å². The lowest BCUT2D eigenvalue weighted by Crippen LogP contribution is -2.66. The number of carbonyl (C=O) groups is 1. The first-order valence-electron chi connectivity index (χ1n) is 39.2. The molecule has 3 heterocycles. The van der Waals surface area contributed by atoms with Crippen molar-refractivity contribution in [3.8, 4) is 0 Å². The standard InChI is InChI=1S/C77H143NO18/c1-3-5-7-9-11-13-15-17-19-20-21-22-23-24-25-26-27-28-29-30-31-32-33-34-35-36-37-38-39-40-41-43-45-47-49-51-53-55-65(83)78-60(61(82)54-52-50-48-46-44-42-18-16-14-12-10-8-6-4-2)59-91-75-71(89)68(86)73(63(57-80)93-75)96-77-72(90)69(87)74(64(58-81)94-77)95-76-70(88)67(85)66(84)62(56-79)92-76/h15,17,20-21,23-24,60-64,66-77,79-82,84-90H,3-14,16,18-19,22,25-59H2,1-2H3,(H,78,83)/b17-15-,21-20-,24-23-. The van der Waals surface area contributed by atoms with Crippen LogP contribution in [0.3, 0.4) is 0 Å². The molecule has 19 nitrogen and oxygen atoms in total. The fourth-order valence-electron chi connectivity index (χ4n) is 13.4. The van der Waals surface area contributed by atoms with Gasteiger partial charge >= 0.3 is 0 Å². The Morgan fingerprint density at radius 2 is 0.688 bits per heavy atom. The number of unbranched alkanes of at least 4 members (excludes halogenated alkanes) is 40. The molecule has 17 atom stereocenters. The molecule has 3 rings (SSSR count). The molecule has 3 aliphatic rings. The van der Waals surface area contributed by atoms with Gasteiger partial charge in [-0.2, -0.15) is 0 Å². The van der Waals surface area contributed by atoms with E-state index < -0.39 is 124 Å². The Kier molecular flexibility index (Phi) is 53.8. The lowest BCUT2D eigenvalue weighted by molar-refractivity contribution is -0.379. The second-order valence-electron chi connectivity index (χ2n) is 28.2. The Morgan fingerprint density at radius 3 is 1.07 bits per heavy atom. The van der Waals surface area contributed by atoms with Crippen molar-refractivity contribution in [3.05, 3.63) is 36.5 Å². The maximum atomic E-state index is 13.5. The van der Waals surface area contributed by atoms with Crippen molar-refractivity contribution >= 4 is 5.91 Å². The Hall–Kier alpha value is -1.99. The van der Waals surface area contributed by atoms with Gasteiger partial charge in [0.2, 0.25) is 5.91 Å². The number of carbonyl (C=O) groups excluding carboxylic acids is 1. The molecule has 0 aromatic rings. The third kappa shape index (κ3) is 38.9. The van der Waals surface area contributed by atoms with Crippen molar-refractivity contribution < 1.29 is 89.4 Å². The maximum absolute atomic E-state index is 13.5. The summed E-state index contributed by atoms with van der Waals surface area (Å²) in [4.78, 5) is 13.5. The number of rotatable bonds is 62. The molecular weight excluding hydrogens is 1230 g/mol. The van der Waals surface area contributed by atoms with Gasteiger partial charge in [0.1, 0.15) is 73.2 Å². The van der Waals surface area contributed by atoms with E-state index in [9.17, 15) is 61.0 Å². The molecule has 1 amide bonds. The molecule has 0 aliphatic carbocycles. The lowest BCUT2D eigenvalue weighted by atomic mass is 9.96. The highest BCUT2D eigenvalue weighted by molar-refractivity contribution is 5.76. The van der Waals surface area contributed by atoms with Gasteiger partial charge in [0, 0.05) is 6.42 Å². The van der Waals surface area contributed by atoms with Crippen molar-refractivity contribution in [2.24, 2.45) is 0 Å². The number of allylic oxidation sites excluding steroid dienone is 6. The van der Waals surface area contributed by atoms with Crippen molar-refractivity contribution in [1.82, 2.24) is 5.32 Å². The van der Waals surface area contributed by atoms with Crippen LogP contribution in [0.25, 0.3) is 0 Å². The number of hydrogen-bond donors (Lipinski definition) is 12. The molecule has 17 unspecified atom stereocenters. The fraction of sp³-hybridized carbons (Fsp3) is 0.909. The Bertz CT molecular complexity index is 1880. The van der Waals surface area contributed by atoms with Gasteiger partial charge < -0.3 is 89.9 Å². The summed E-state index contributed by atoms with van der Waals surface area (Å²) in [5.74, 6) is -0.238. The Balaban J connectivity index is 1.30. The molecule has 0 radical (unpaired) electrons. The van der Waals surface area contributed by atoms with E-state index in [0.29, 0.717) is 12.8 Å². The topological polar surface area (TPSA) is 307 Å². The maximum Gasteiger partial charge on any atom is 0.220 e. The van der Waals surface area contributed by atoms with Crippen LogP contribution in [-0.4, -0.2) is 193 Å². The van der Waals surface area contributed by atoms with Gasteiger partial charge in [-0.1, -0.05) is 294 Å². The van der Waals surface area contributed by atoms with E-state index in [4.69, 9.17) is 28.4 Å². The summed E-state index contributed by atoms with van der Waals surface area (Å²) in [5, 5.41) is 121. The largest absolute Gasteiger partial charge is 0.394 e. The van der Waals surface area contributed by atoms with Gasteiger partial charge in [-0.3, -0.25) is 4.79 Å². The van der Waals surface area contributed by atoms with E-state index in [2.05, 4.69) is 55.6 Å². The van der Waals surface area contributed by atoms with Crippen LogP contribution in [0.15, 0.2) is 36.5 Å². The van der Waals surface area contributed by atoms with Gasteiger partial charge in [0.15, 0.2) is 18.9 Å². The van der Waals surface area contributed by atoms with Crippen LogP contribution in [0.2, 0.25) is 0 Å². The van der Waals surface area contributed by atoms with Crippen LogP contribution in [-0.2, 0) is 33.2 Å². The fourth-order valence-corrected chi connectivity index (χ4v) is 13.4. The number of ether oxygens (including phenoxy) is 6. The minimum Gasteiger partial charge on any atom is -0.394 e. The molecule has 19 heteroatoms. The van der Waals surface area contributed by atoms with Crippen LogP contribution in [0, 0.1) is 0 Å². The quantitative estimate of drug-likeness (QED) is 0.0199. The van der Waals surface area contributed by atoms with E-state index in [-0.39, 0.29) is 18.9 Å². The highest BCUT2D eigenvalue weighted by Crippen LogP contribution is 2.33. The zero-order valence-corrected chi connectivity index (χ0v) is 60.1. The Morgan fingerprint density at radius 1 is 0.375 bits per heavy atom. The number of aliphatic hydroxyl groups is 11. The molecule has 96 heavy (non-hydrogen) atoms. The smallest absolute Gasteiger partial charge is 0.220 e. The van der Waals surface area contributed by atoms with Crippen LogP contribution >= 0.6 is 0 Å². The molecule has 12 N–H and O–H groups in total. The monoisotopic (exact) mass is 1370 g/mol. The van der Waals surface area contributed by atoms with Crippen molar-refractivity contribution in [1.29, 1.82) is 0 Å². The molecule has 3 aliphatic heterocycles.